The van der Waals surface area contributed by atoms with E-state index in [0.29, 0.717) is 22.5 Å². The van der Waals surface area contributed by atoms with Gasteiger partial charge in [0.05, 0.1) is 0 Å². The second kappa shape index (κ2) is 5.22. The molecule has 0 atom stereocenters. The van der Waals surface area contributed by atoms with Gasteiger partial charge in [0.2, 0.25) is 0 Å². The summed E-state index contributed by atoms with van der Waals surface area (Å²) in [6.07, 6.45) is 0. The quantitative estimate of drug-likeness (QED) is 0.371. The van der Waals surface area contributed by atoms with E-state index < -0.39 is 0 Å². The lowest BCUT2D eigenvalue weighted by Crippen LogP contribution is -2.31. The van der Waals surface area contributed by atoms with Gasteiger partial charge in [-0.2, -0.15) is 0 Å². The highest BCUT2D eigenvalue weighted by atomic mass is 16.1. The van der Waals surface area contributed by atoms with E-state index in [4.69, 9.17) is 16.9 Å². The average Bonchev–Trinajstić information content (AvgIpc) is 2.42. The number of nitrogens with one attached hydrogen (secondary N) is 2. The number of amidine groups is 1. The molecule has 0 spiro atoms. The smallest absolute Gasteiger partial charge is 0.256 e. The molecule has 5 nitrogen and oxygen atoms in total. The maximum Gasteiger partial charge on any atom is 0.256 e. The molecule has 2 aromatic carbocycles. The van der Waals surface area contributed by atoms with Crippen LogP contribution in [-0.4, -0.2) is 11.7 Å². The fourth-order valence-electron chi connectivity index (χ4n) is 1.63. The molecule has 2 aromatic rings. The minimum Gasteiger partial charge on any atom is -0.399 e. The van der Waals surface area contributed by atoms with Gasteiger partial charge in [-0.15, -0.1) is 0 Å². The molecule has 6 N–H and O–H groups in total. The first-order valence-corrected chi connectivity index (χ1v) is 5.68. The summed E-state index contributed by atoms with van der Waals surface area (Å²) < 4.78 is 0. The highest BCUT2D eigenvalue weighted by Gasteiger charge is 2.11. The van der Waals surface area contributed by atoms with Crippen molar-refractivity contribution in [2.75, 3.05) is 11.5 Å². The monoisotopic (exact) mass is 254 g/mol. The van der Waals surface area contributed by atoms with Gasteiger partial charge in [0.15, 0.2) is 0 Å². The molecule has 0 aliphatic carbocycles. The van der Waals surface area contributed by atoms with Gasteiger partial charge < -0.3 is 16.8 Å². The lowest BCUT2D eigenvalue weighted by atomic mass is 10.1. The van der Waals surface area contributed by atoms with E-state index in [0.717, 1.165) is 0 Å². The van der Waals surface area contributed by atoms with Crippen LogP contribution in [0.5, 0.6) is 0 Å². The Bertz CT molecular complexity index is 623. The number of carbonyl (C=O) groups excluding carboxylic acids is 1. The standard InChI is InChI=1S/C14H14N4O/c15-10-6-7-12(16)11(8-10)13(17)18-14(19)9-4-2-1-3-5-9/h1-8H,15-16H2,(H2,17,18,19). The third-order valence-electron chi connectivity index (χ3n) is 2.62. The Kier molecular flexibility index (Phi) is 3.47. The summed E-state index contributed by atoms with van der Waals surface area (Å²) in [5.74, 6) is -0.425. The highest BCUT2D eigenvalue weighted by molar-refractivity contribution is 6.13. The molecular weight excluding hydrogens is 240 g/mol. The van der Waals surface area contributed by atoms with E-state index in [9.17, 15) is 4.79 Å². The third-order valence-corrected chi connectivity index (χ3v) is 2.62. The zero-order valence-corrected chi connectivity index (χ0v) is 10.2. The fourth-order valence-corrected chi connectivity index (χ4v) is 1.63. The number of benzene rings is 2. The Balaban J connectivity index is 2.18. The van der Waals surface area contributed by atoms with Crippen molar-refractivity contribution in [1.82, 2.24) is 5.32 Å². The Morgan fingerprint density at radius 2 is 1.74 bits per heavy atom. The molecule has 0 radical (unpaired) electrons. The SMILES string of the molecule is N=C(NC(=O)c1ccccc1)c1cc(N)ccc1N. The molecule has 1 amide bonds. The van der Waals surface area contributed by atoms with Gasteiger partial charge in [0, 0.05) is 22.5 Å². The summed E-state index contributed by atoms with van der Waals surface area (Å²) in [5, 5.41) is 10.4. The van der Waals surface area contributed by atoms with Crippen LogP contribution >= 0.6 is 0 Å². The van der Waals surface area contributed by atoms with E-state index in [1.165, 1.54) is 0 Å². The van der Waals surface area contributed by atoms with Gasteiger partial charge >= 0.3 is 0 Å². The van der Waals surface area contributed by atoms with Crippen molar-refractivity contribution in [3.8, 4) is 0 Å². The molecule has 0 aromatic heterocycles. The number of anilines is 2. The minimum absolute atomic E-state index is 0.0707. The Labute approximate surface area is 110 Å². The fraction of sp³-hybridized carbons (Fsp3) is 0. The predicted octanol–water partition coefficient (Wildman–Crippen LogP) is 1.61. The maximum atomic E-state index is 11.9. The molecule has 0 saturated carbocycles. The first-order valence-electron chi connectivity index (χ1n) is 5.68. The lowest BCUT2D eigenvalue weighted by Gasteiger charge is -2.10. The summed E-state index contributed by atoms with van der Waals surface area (Å²) >= 11 is 0. The summed E-state index contributed by atoms with van der Waals surface area (Å²) in [5.41, 5.74) is 13.2. The second-order valence-corrected chi connectivity index (χ2v) is 4.04. The van der Waals surface area contributed by atoms with E-state index in [1.54, 1.807) is 42.5 Å². The molecular formula is C14H14N4O. The van der Waals surface area contributed by atoms with E-state index >= 15 is 0 Å². The third kappa shape index (κ3) is 2.90. The predicted molar refractivity (Wildman–Crippen MR) is 76.0 cm³/mol. The number of hydrogen-bond donors (Lipinski definition) is 4. The van der Waals surface area contributed by atoms with Crippen LogP contribution in [0.3, 0.4) is 0 Å². The molecule has 0 aliphatic rings. The highest BCUT2D eigenvalue weighted by Crippen LogP contribution is 2.15. The number of carbonyl (C=O) groups is 1. The van der Waals surface area contributed by atoms with Crippen LogP contribution in [0.15, 0.2) is 48.5 Å². The Morgan fingerprint density at radius 1 is 1.05 bits per heavy atom. The molecule has 0 unspecified atom stereocenters. The summed E-state index contributed by atoms with van der Waals surface area (Å²) in [6.45, 7) is 0. The van der Waals surface area contributed by atoms with Crippen molar-refractivity contribution >= 4 is 23.1 Å². The summed E-state index contributed by atoms with van der Waals surface area (Å²) in [6, 6.07) is 13.5. The lowest BCUT2D eigenvalue weighted by molar-refractivity contribution is 0.0977. The molecule has 0 saturated heterocycles. The van der Waals surface area contributed by atoms with Gasteiger partial charge in [0.1, 0.15) is 5.84 Å². The van der Waals surface area contributed by atoms with Crippen LogP contribution < -0.4 is 16.8 Å². The maximum absolute atomic E-state index is 11.9. The molecule has 0 aliphatic heterocycles. The van der Waals surface area contributed by atoms with E-state index in [1.807, 2.05) is 6.07 Å². The zero-order valence-electron chi connectivity index (χ0n) is 10.2. The molecule has 0 bridgehead atoms. The van der Waals surface area contributed by atoms with Gasteiger partial charge in [-0.1, -0.05) is 18.2 Å². The van der Waals surface area contributed by atoms with Gasteiger partial charge in [-0.25, -0.2) is 0 Å². The molecule has 0 heterocycles. The molecule has 2 rings (SSSR count). The van der Waals surface area contributed by atoms with Crippen molar-refractivity contribution in [3.05, 3.63) is 59.7 Å². The normalized spacial score (nSPS) is 9.89. The number of amides is 1. The van der Waals surface area contributed by atoms with E-state index in [2.05, 4.69) is 5.32 Å². The molecule has 96 valence electrons. The average molecular weight is 254 g/mol. The minimum atomic E-state index is -0.354. The van der Waals surface area contributed by atoms with Crippen LogP contribution in [0.1, 0.15) is 15.9 Å². The first kappa shape index (κ1) is 12.6. The van der Waals surface area contributed by atoms with Crippen LogP contribution in [0.25, 0.3) is 0 Å². The van der Waals surface area contributed by atoms with Crippen molar-refractivity contribution < 1.29 is 4.79 Å². The molecule has 5 heteroatoms. The largest absolute Gasteiger partial charge is 0.399 e. The van der Waals surface area contributed by atoms with Crippen LogP contribution in [-0.2, 0) is 0 Å². The molecule has 19 heavy (non-hydrogen) atoms. The summed E-state index contributed by atoms with van der Waals surface area (Å²) in [7, 11) is 0. The van der Waals surface area contributed by atoms with Gasteiger partial charge in [-0.3, -0.25) is 10.2 Å². The van der Waals surface area contributed by atoms with Crippen molar-refractivity contribution in [2.24, 2.45) is 0 Å². The van der Waals surface area contributed by atoms with Gasteiger partial charge in [-0.05, 0) is 30.3 Å². The van der Waals surface area contributed by atoms with E-state index in [-0.39, 0.29) is 11.7 Å². The number of nitrogens with two attached hydrogens (primary N) is 2. The molecule has 0 fully saturated rings. The second-order valence-electron chi connectivity index (χ2n) is 4.04. The first-order chi connectivity index (χ1) is 9.08. The van der Waals surface area contributed by atoms with Crippen LogP contribution in [0, 0.1) is 5.41 Å². The van der Waals surface area contributed by atoms with Crippen molar-refractivity contribution in [1.29, 1.82) is 5.41 Å². The Hall–Kier alpha value is -2.82. The van der Waals surface area contributed by atoms with Crippen LogP contribution in [0.4, 0.5) is 11.4 Å². The number of nitrogen functional groups attached to an aromatic ring is 2. The zero-order chi connectivity index (χ0) is 13.8. The summed E-state index contributed by atoms with van der Waals surface area (Å²) in [4.78, 5) is 11.9. The van der Waals surface area contributed by atoms with Gasteiger partial charge in [0.25, 0.3) is 5.91 Å². The van der Waals surface area contributed by atoms with Crippen molar-refractivity contribution in [2.45, 2.75) is 0 Å². The van der Waals surface area contributed by atoms with Crippen LogP contribution in [0.2, 0.25) is 0 Å². The Morgan fingerprint density at radius 3 is 2.42 bits per heavy atom. The number of hydrogen-bond acceptors (Lipinski definition) is 4. The van der Waals surface area contributed by atoms with Crippen molar-refractivity contribution in [3.63, 3.8) is 0 Å². The topological polar surface area (TPSA) is 105 Å². The number of rotatable bonds is 2.